The lowest BCUT2D eigenvalue weighted by molar-refractivity contribution is -0.144. The SMILES string of the molecule is C[Si](C)(C)N(C(CO)(C(=O)O)[Si](C)(C)C)[Si](C)(C)C. The number of nitrogens with zero attached hydrogens (tertiary/aromatic N) is 1. The zero-order chi connectivity index (χ0) is 15.9. The van der Waals surface area contributed by atoms with E-state index in [1.165, 1.54) is 0 Å². The molecule has 0 aromatic heterocycles. The first-order valence-corrected chi connectivity index (χ1v) is 17.2. The zero-order valence-electron chi connectivity index (χ0n) is 14.0. The predicted molar refractivity (Wildman–Crippen MR) is 89.3 cm³/mol. The van der Waals surface area contributed by atoms with Crippen LogP contribution in [0.25, 0.3) is 0 Å². The molecule has 0 saturated carbocycles. The summed E-state index contributed by atoms with van der Waals surface area (Å²) in [6.45, 7) is 18.9. The second-order valence-electron chi connectivity index (χ2n) is 8.25. The highest BCUT2D eigenvalue weighted by Crippen LogP contribution is 2.36. The standard InChI is InChI=1S/C12H31NO3Si3/c1-17(2,3)12(10-14,11(15)16)13(18(4,5)6)19(7,8)9/h14H,10H2,1-9H3,(H,15,16). The average Bonchev–Trinajstić information content (AvgIpc) is 2.06. The Hall–Kier alpha value is 0.0406. The predicted octanol–water partition coefficient (Wildman–Crippen LogP) is 2.65. The van der Waals surface area contributed by atoms with Crippen LogP contribution in [-0.4, -0.2) is 56.7 Å². The first kappa shape index (κ1) is 19.0. The summed E-state index contributed by atoms with van der Waals surface area (Å²) in [6.07, 6.45) is 0. The third-order valence-electron chi connectivity index (χ3n) is 3.55. The Bertz CT molecular complexity index is 328. The molecular weight excluding hydrogens is 290 g/mol. The second-order valence-corrected chi connectivity index (χ2v) is 23.6. The van der Waals surface area contributed by atoms with Crippen LogP contribution >= 0.6 is 0 Å². The maximum atomic E-state index is 12.1. The number of aliphatic carboxylic acids is 1. The molecular formula is C12H31NO3Si3. The summed E-state index contributed by atoms with van der Waals surface area (Å²) >= 11 is 0. The van der Waals surface area contributed by atoms with E-state index in [0.717, 1.165) is 0 Å². The van der Waals surface area contributed by atoms with E-state index in [4.69, 9.17) is 0 Å². The van der Waals surface area contributed by atoms with E-state index in [1.54, 1.807) is 0 Å². The number of rotatable bonds is 6. The van der Waals surface area contributed by atoms with Crippen molar-refractivity contribution in [3.05, 3.63) is 0 Å². The molecule has 7 heteroatoms. The lowest BCUT2D eigenvalue weighted by Crippen LogP contribution is -2.80. The van der Waals surface area contributed by atoms with Crippen LogP contribution in [-0.2, 0) is 4.79 Å². The van der Waals surface area contributed by atoms with Crippen LogP contribution in [0.15, 0.2) is 0 Å². The van der Waals surface area contributed by atoms with E-state index < -0.39 is 35.7 Å². The van der Waals surface area contributed by atoms with Gasteiger partial charge in [-0.2, -0.15) is 0 Å². The normalized spacial score (nSPS) is 17.4. The highest BCUT2D eigenvalue weighted by molar-refractivity contribution is 6.94. The molecule has 0 aliphatic heterocycles. The Kier molecular flexibility index (Phi) is 5.45. The van der Waals surface area contributed by atoms with Crippen molar-refractivity contribution in [2.75, 3.05) is 6.61 Å². The van der Waals surface area contributed by atoms with Gasteiger partial charge in [-0.15, -0.1) is 0 Å². The molecule has 0 aliphatic carbocycles. The fourth-order valence-corrected chi connectivity index (χ4v) is 19.8. The van der Waals surface area contributed by atoms with E-state index in [-0.39, 0.29) is 6.61 Å². The first-order valence-electron chi connectivity index (χ1n) is 6.77. The van der Waals surface area contributed by atoms with E-state index in [0.29, 0.717) is 0 Å². The van der Waals surface area contributed by atoms with Crippen molar-refractivity contribution in [1.29, 1.82) is 0 Å². The quantitative estimate of drug-likeness (QED) is 0.738. The molecule has 0 aromatic carbocycles. The van der Waals surface area contributed by atoms with Gasteiger partial charge in [0.2, 0.25) is 0 Å². The largest absolute Gasteiger partial charge is 0.480 e. The number of aliphatic hydroxyl groups is 1. The van der Waals surface area contributed by atoms with Crippen LogP contribution in [0.4, 0.5) is 0 Å². The number of hydrogen-bond donors (Lipinski definition) is 2. The number of carbonyl (C=O) groups is 1. The molecule has 114 valence electrons. The smallest absolute Gasteiger partial charge is 0.321 e. The molecule has 4 nitrogen and oxygen atoms in total. The molecule has 0 bridgehead atoms. The van der Waals surface area contributed by atoms with Crippen LogP contribution in [0.2, 0.25) is 58.9 Å². The summed E-state index contributed by atoms with van der Waals surface area (Å²) in [5.74, 6) is -0.848. The molecule has 19 heavy (non-hydrogen) atoms. The molecule has 0 aromatic rings. The topological polar surface area (TPSA) is 60.8 Å². The first-order chi connectivity index (χ1) is 8.12. The van der Waals surface area contributed by atoms with E-state index >= 15 is 0 Å². The van der Waals surface area contributed by atoms with Crippen LogP contribution in [0.3, 0.4) is 0 Å². The molecule has 0 heterocycles. The van der Waals surface area contributed by atoms with Gasteiger partial charge in [0, 0.05) is 0 Å². The maximum Gasteiger partial charge on any atom is 0.321 e. The Morgan fingerprint density at radius 2 is 1.26 bits per heavy atom. The Labute approximate surface area is 121 Å². The Morgan fingerprint density at radius 3 is 1.32 bits per heavy atom. The Morgan fingerprint density at radius 1 is 0.947 bits per heavy atom. The summed E-state index contributed by atoms with van der Waals surface area (Å²) in [5.41, 5.74) is 0. The number of carboxylic acids is 1. The minimum absolute atomic E-state index is 0.285. The second kappa shape index (κ2) is 5.44. The van der Waals surface area contributed by atoms with Crippen LogP contribution in [0.1, 0.15) is 0 Å². The molecule has 1 unspecified atom stereocenters. The van der Waals surface area contributed by atoms with Gasteiger partial charge in [0.25, 0.3) is 0 Å². The van der Waals surface area contributed by atoms with Crippen molar-refractivity contribution in [3.8, 4) is 0 Å². The highest BCUT2D eigenvalue weighted by Gasteiger charge is 2.59. The lowest BCUT2D eigenvalue weighted by Gasteiger charge is -2.57. The minimum atomic E-state index is -2.14. The third kappa shape index (κ3) is 3.57. The van der Waals surface area contributed by atoms with E-state index in [9.17, 15) is 15.0 Å². The van der Waals surface area contributed by atoms with Gasteiger partial charge in [0.05, 0.1) is 14.7 Å². The summed E-state index contributed by atoms with van der Waals surface area (Å²) in [5, 5.41) is 18.9. The summed E-state index contributed by atoms with van der Waals surface area (Å²) in [4.78, 5) is 12.1. The van der Waals surface area contributed by atoms with Crippen LogP contribution in [0, 0.1) is 0 Å². The molecule has 0 rings (SSSR count). The molecule has 2 N–H and O–H groups in total. The van der Waals surface area contributed by atoms with Gasteiger partial charge in [0.1, 0.15) is 21.6 Å². The monoisotopic (exact) mass is 321 g/mol. The van der Waals surface area contributed by atoms with Gasteiger partial charge < -0.3 is 14.4 Å². The van der Waals surface area contributed by atoms with E-state index in [2.05, 4.69) is 43.5 Å². The van der Waals surface area contributed by atoms with Gasteiger partial charge in [-0.3, -0.25) is 4.79 Å². The van der Waals surface area contributed by atoms with Crippen molar-refractivity contribution >= 4 is 30.5 Å². The fourth-order valence-electron chi connectivity index (χ4n) is 3.28. The minimum Gasteiger partial charge on any atom is -0.480 e. The Balaban J connectivity index is 6.32. The zero-order valence-corrected chi connectivity index (χ0v) is 17.0. The van der Waals surface area contributed by atoms with Gasteiger partial charge in [0.15, 0.2) is 0 Å². The van der Waals surface area contributed by atoms with Crippen molar-refractivity contribution in [3.63, 3.8) is 0 Å². The molecule has 0 fully saturated rings. The molecule has 0 amide bonds. The molecule has 0 aliphatic rings. The summed E-state index contributed by atoms with van der Waals surface area (Å²) in [7, 11) is -5.86. The van der Waals surface area contributed by atoms with Crippen molar-refractivity contribution in [1.82, 2.24) is 4.23 Å². The van der Waals surface area contributed by atoms with Gasteiger partial charge >= 0.3 is 5.97 Å². The van der Waals surface area contributed by atoms with Gasteiger partial charge in [-0.05, 0) is 0 Å². The molecule has 0 radical (unpaired) electrons. The van der Waals surface area contributed by atoms with Crippen molar-refractivity contribution in [2.45, 2.75) is 64.1 Å². The number of hydrogen-bond acceptors (Lipinski definition) is 3. The number of aliphatic hydroxyl groups excluding tert-OH is 1. The molecule has 0 saturated heterocycles. The summed E-state index contributed by atoms with van der Waals surface area (Å²) in [6, 6.07) is 0. The van der Waals surface area contributed by atoms with Crippen molar-refractivity contribution < 1.29 is 15.0 Å². The molecule has 0 spiro atoms. The fraction of sp³-hybridized carbons (Fsp3) is 0.917. The van der Waals surface area contributed by atoms with Gasteiger partial charge in [-0.25, -0.2) is 0 Å². The van der Waals surface area contributed by atoms with Crippen LogP contribution < -0.4 is 0 Å². The summed E-state index contributed by atoms with van der Waals surface area (Å²) < 4.78 is 2.27. The third-order valence-corrected chi connectivity index (χ3v) is 14.5. The average molecular weight is 322 g/mol. The maximum absolute atomic E-state index is 12.1. The van der Waals surface area contributed by atoms with E-state index in [1.807, 2.05) is 19.6 Å². The molecule has 1 atom stereocenters. The lowest BCUT2D eigenvalue weighted by atomic mass is 10.3. The van der Waals surface area contributed by atoms with Gasteiger partial charge in [-0.1, -0.05) is 58.9 Å². The van der Waals surface area contributed by atoms with Crippen molar-refractivity contribution in [2.24, 2.45) is 0 Å². The highest BCUT2D eigenvalue weighted by atomic mass is 28.4. The van der Waals surface area contributed by atoms with Crippen LogP contribution in [0.5, 0.6) is 0 Å². The number of carboxylic acid groups (broad SMARTS) is 1.